The fourth-order valence-electron chi connectivity index (χ4n) is 1.85. The lowest BCUT2D eigenvalue weighted by Crippen LogP contribution is -2.39. The number of rotatable bonds is 0. The van der Waals surface area contributed by atoms with E-state index < -0.39 is 5.41 Å². The van der Waals surface area contributed by atoms with Crippen LogP contribution in [0.2, 0.25) is 10.0 Å². The summed E-state index contributed by atoms with van der Waals surface area (Å²) in [6, 6.07) is 3.28. The molecule has 0 unspecified atom stereocenters. The molecule has 92 valence electrons. The number of carbonyl (C=O) groups is 1. The number of ether oxygens (including phenoxy) is 1. The summed E-state index contributed by atoms with van der Waals surface area (Å²) in [5.41, 5.74) is -0.00419. The normalized spacial score (nSPS) is 18.4. The van der Waals surface area contributed by atoms with Crippen molar-refractivity contribution in [1.29, 1.82) is 0 Å². The number of hydrogen-bond donors (Lipinski definition) is 0. The van der Waals surface area contributed by atoms with Gasteiger partial charge < -0.3 is 9.64 Å². The van der Waals surface area contributed by atoms with Crippen molar-refractivity contribution in [2.24, 2.45) is 5.41 Å². The number of hydrogen-bond acceptors (Lipinski definition) is 2. The summed E-state index contributed by atoms with van der Waals surface area (Å²) in [7, 11) is 1.69. The van der Waals surface area contributed by atoms with E-state index in [1.807, 2.05) is 13.8 Å². The first-order valence-corrected chi connectivity index (χ1v) is 5.98. The summed E-state index contributed by atoms with van der Waals surface area (Å²) in [4.78, 5) is 13.7. The molecule has 1 heterocycles. The van der Waals surface area contributed by atoms with Crippen LogP contribution in [0.3, 0.4) is 0 Å². The van der Waals surface area contributed by atoms with E-state index in [2.05, 4.69) is 0 Å². The van der Waals surface area contributed by atoms with Crippen LogP contribution >= 0.6 is 23.2 Å². The number of nitrogens with zero attached hydrogens (tertiary/aromatic N) is 1. The van der Waals surface area contributed by atoms with E-state index in [0.29, 0.717) is 28.1 Å². The number of carbonyl (C=O) groups excluding carboxylic acids is 1. The van der Waals surface area contributed by atoms with Crippen LogP contribution in [0, 0.1) is 5.41 Å². The number of anilines is 1. The molecule has 0 aromatic heterocycles. The molecule has 0 N–H and O–H groups in total. The third-order valence-corrected chi connectivity index (χ3v) is 3.31. The van der Waals surface area contributed by atoms with Crippen LogP contribution < -0.4 is 9.64 Å². The van der Waals surface area contributed by atoms with Crippen molar-refractivity contribution in [1.82, 2.24) is 0 Å². The second kappa shape index (κ2) is 4.07. The van der Waals surface area contributed by atoms with E-state index in [4.69, 9.17) is 27.9 Å². The fraction of sp³-hybridized carbons (Fsp3) is 0.417. The van der Waals surface area contributed by atoms with Crippen molar-refractivity contribution in [2.75, 3.05) is 18.6 Å². The lowest BCUT2D eigenvalue weighted by molar-refractivity contribution is -0.127. The molecule has 0 fully saturated rings. The molecule has 0 aliphatic carbocycles. The Balaban J connectivity index is 2.59. The first-order valence-electron chi connectivity index (χ1n) is 5.23. The third-order valence-electron chi connectivity index (χ3n) is 2.80. The van der Waals surface area contributed by atoms with Gasteiger partial charge in [0, 0.05) is 18.1 Å². The maximum absolute atomic E-state index is 12.2. The molecule has 0 saturated heterocycles. The van der Waals surface area contributed by atoms with Crippen LogP contribution in [-0.2, 0) is 4.79 Å². The first kappa shape index (κ1) is 12.5. The summed E-state index contributed by atoms with van der Waals surface area (Å²) in [5.74, 6) is 0.518. The minimum atomic E-state index is -0.580. The minimum absolute atomic E-state index is 0.0273. The fourth-order valence-corrected chi connectivity index (χ4v) is 2.45. The zero-order chi connectivity index (χ0) is 12.8. The summed E-state index contributed by atoms with van der Waals surface area (Å²) < 4.78 is 5.63. The van der Waals surface area contributed by atoms with E-state index in [0.717, 1.165) is 0 Å². The highest BCUT2D eigenvalue weighted by atomic mass is 35.5. The van der Waals surface area contributed by atoms with Gasteiger partial charge in [-0.3, -0.25) is 4.79 Å². The second-order valence-corrected chi connectivity index (χ2v) is 5.61. The van der Waals surface area contributed by atoms with Crippen LogP contribution in [0.15, 0.2) is 12.1 Å². The van der Waals surface area contributed by atoms with Crippen molar-refractivity contribution >= 4 is 34.8 Å². The van der Waals surface area contributed by atoms with Crippen molar-refractivity contribution in [3.05, 3.63) is 22.2 Å². The number of amides is 1. The smallest absolute Gasteiger partial charge is 0.235 e. The van der Waals surface area contributed by atoms with E-state index in [9.17, 15) is 4.79 Å². The Kier molecular flexibility index (Phi) is 3.00. The molecule has 1 aliphatic heterocycles. The summed E-state index contributed by atoms with van der Waals surface area (Å²) in [6.07, 6.45) is 0. The van der Waals surface area contributed by atoms with E-state index in [1.54, 1.807) is 19.2 Å². The number of benzene rings is 1. The molecular weight excluding hydrogens is 261 g/mol. The number of halogens is 2. The molecular formula is C12H13Cl2NO2. The van der Waals surface area contributed by atoms with Gasteiger partial charge in [0.25, 0.3) is 0 Å². The average Bonchev–Trinajstić information content (AvgIpc) is 2.30. The van der Waals surface area contributed by atoms with Crippen molar-refractivity contribution in [3.63, 3.8) is 0 Å². The van der Waals surface area contributed by atoms with E-state index in [-0.39, 0.29) is 5.91 Å². The molecule has 17 heavy (non-hydrogen) atoms. The average molecular weight is 274 g/mol. The molecule has 1 aliphatic rings. The Hall–Kier alpha value is -0.930. The quantitative estimate of drug-likeness (QED) is 0.725. The van der Waals surface area contributed by atoms with Gasteiger partial charge >= 0.3 is 0 Å². The Bertz CT molecular complexity index is 486. The third kappa shape index (κ3) is 2.09. The highest BCUT2D eigenvalue weighted by Crippen LogP contribution is 2.42. The van der Waals surface area contributed by atoms with Gasteiger partial charge in [-0.25, -0.2) is 0 Å². The summed E-state index contributed by atoms with van der Waals surface area (Å²) in [6.45, 7) is 3.99. The van der Waals surface area contributed by atoms with Crippen LogP contribution in [0.1, 0.15) is 13.8 Å². The molecule has 0 spiro atoms. The van der Waals surface area contributed by atoms with Gasteiger partial charge in [-0.05, 0) is 19.9 Å². The maximum Gasteiger partial charge on any atom is 0.235 e. The Labute approximate surface area is 110 Å². The molecule has 2 rings (SSSR count). The van der Waals surface area contributed by atoms with Crippen molar-refractivity contribution in [3.8, 4) is 5.75 Å². The predicted octanol–water partition coefficient (Wildman–Crippen LogP) is 3.37. The van der Waals surface area contributed by atoms with Crippen LogP contribution in [0.25, 0.3) is 0 Å². The van der Waals surface area contributed by atoms with Crippen LogP contribution in [0.5, 0.6) is 5.75 Å². The van der Waals surface area contributed by atoms with Gasteiger partial charge in [0.15, 0.2) is 0 Å². The predicted molar refractivity (Wildman–Crippen MR) is 69.1 cm³/mol. The van der Waals surface area contributed by atoms with Crippen LogP contribution in [0.4, 0.5) is 5.69 Å². The van der Waals surface area contributed by atoms with Gasteiger partial charge in [0.05, 0.1) is 10.4 Å². The zero-order valence-corrected chi connectivity index (χ0v) is 11.4. The SMILES string of the molecule is CN1C(=O)C(C)(C)COc2cc(Cl)cc(Cl)c21. The summed E-state index contributed by atoms with van der Waals surface area (Å²) >= 11 is 12.0. The van der Waals surface area contributed by atoms with Gasteiger partial charge in [-0.15, -0.1) is 0 Å². The van der Waals surface area contributed by atoms with Crippen molar-refractivity contribution < 1.29 is 9.53 Å². The minimum Gasteiger partial charge on any atom is -0.490 e. The van der Waals surface area contributed by atoms with Crippen LogP contribution in [-0.4, -0.2) is 19.6 Å². The van der Waals surface area contributed by atoms with Gasteiger partial charge in [-0.2, -0.15) is 0 Å². The van der Waals surface area contributed by atoms with E-state index >= 15 is 0 Å². The highest BCUT2D eigenvalue weighted by Gasteiger charge is 2.37. The van der Waals surface area contributed by atoms with Gasteiger partial charge in [-0.1, -0.05) is 23.2 Å². The lowest BCUT2D eigenvalue weighted by atomic mass is 9.93. The topological polar surface area (TPSA) is 29.5 Å². The monoisotopic (exact) mass is 273 g/mol. The largest absolute Gasteiger partial charge is 0.490 e. The van der Waals surface area contributed by atoms with Crippen molar-refractivity contribution in [2.45, 2.75) is 13.8 Å². The number of fused-ring (bicyclic) bond motifs is 1. The highest BCUT2D eigenvalue weighted by molar-refractivity contribution is 6.37. The molecule has 0 saturated carbocycles. The summed E-state index contributed by atoms with van der Waals surface area (Å²) in [5, 5.41) is 0.912. The molecule has 1 amide bonds. The zero-order valence-electron chi connectivity index (χ0n) is 9.88. The molecule has 5 heteroatoms. The Morgan fingerprint density at radius 1 is 1.35 bits per heavy atom. The Morgan fingerprint density at radius 3 is 2.65 bits per heavy atom. The molecule has 1 aromatic rings. The standard InChI is InChI=1S/C12H13Cl2NO2/c1-12(2)6-17-9-5-7(13)4-8(14)10(9)15(3)11(12)16/h4-5H,6H2,1-3H3. The second-order valence-electron chi connectivity index (χ2n) is 4.77. The van der Waals surface area contributed by atoms with E-state index in [1.165, 1.54) is 4.90 Å². The maximum atomic E-state index is 12.2. The molecule has 3 nitrogen and oxygen atoms in total. The lowest BCUT2D eigenvalue weighted by Gasteiger charge is -2.24. The van der Waals surface area contributed by atoms with Gasteiger partial charge in [0.1, 0.15) is 18.0 Å². The molecule has 0 atom stereocenters. The molecule has 0 radical (unpaired) electrons. The first-order chi connectivity index (χ1) is 7.83. The van der Waals surface area contributed by atoms with Gasteiger partial charge in [0.2, 0.25) is 5.91 Å². The molecule has 1 aromatic carbocycles. The Morgan fingerprint density at radius 2 is 2.00 bits per heavy atom. The molecule has 0 bridgehead atoms.